The molecule has 1 unspecified atom stereocenters. The monoisotopic (exact) mass is 354 g/mol. The van der Waals surface area contributed by atoms with E-state index in [4.69, 9.17) is 22.7 Å². The Morgan fingerprint density at radius 2 is 2.35 bits per heavy atom. The van der Waals surface area contributed by atoms with E-state index in [9.17, 15) is 0 Å². The number of benzene rings is 1. The zero-order valence-electron chi connectivity index (χ0n) is 10.8. The topological polar surface area (TPSA) is 65.1 Å². The second-order valence-electron chi connectivity index (χ2n) is 4.78. The van der Waals surface area contributed by atoms with Crippen LogP contribution in [-0.2, 0) is 4.74 Å². The van der Waals surface area contributed by atoms with Gasteiger partial charge >= 0.3 is 0 Å². The summed E-state index contributed by atoms with van der Waals surface area (Å²) in [5.41, 5.74) is 7.39. The number of anilines is 1. The van der Waals surface area contributed by atoms with E-state index < -0.39 is 0 Å². The van der Waals surface area contributed by atoms with Gasteiger partial charge in [0.05, 0.1) is 5.52 Å². The van der Waals surface area contributed by atoms with Crippen molar-refractivity contribution >= 4 is 49.9 Å². The van der Waals surface area contributed by atoms with Gasteiger partial charge in [-0.1, -0.05) is 0 Å². The van der Waals surface area contributed by atoms with E-state index in [0.717, 1.165) is 40.6 Å². The number of nitrogens with one attached hydrogen (secondary N) is 1. The highest BCUT2D eigenvalue weighted by Crippen LogP contribution is 2.31. The molecular formula is C13H15BrN4OS. The molecule has 0 aliphatic carbocycles. The van der Waals surface area contributed by atoms with Gasteiger partial charge in [-0.25, -0.2) is 4.68 Å². The lowest BCUT2D eigenvalue weighted by Gasteiger charge is -2.23. The molecule has 1 aromatic carbocycles. The lowest BCUT2D eigenvalue weighted by atomic mass is 10.2. The van der Waals surface area contributed by atoms with Gasteiger partial charge in [-0.2, -0.15) is 5.10 Å². The van der Waals surface area contributed by atoms with Crippen molar-refractivity contribution in [2.75, 3.05) is 11.9 Å². The second kappa shape index (κ2) is 5.67. The average Bonchev–Trinajstić information content (AvgIpc) is 2.76. The third-order valence-corrected chi connectivity index (χ3v) is 4.04. The molecule has 0 amide bonds. The Hall–Kier alpha value is -1.18. The zero-order valence-corrected chi connectivity index (χ0v) is 13.2. The molecule has 1 saturated heterocycles. The SMILES string of the molecule is NC(=S)Nc1ccc2c(c1)c(Br)nn2C1CCCCO1. The van der Waals surface area contributed by atoms with Crippen molar-refractivity contribution < 1.29 is 4.74 Å². The summed E-state index contributed by atoms with van der Waals surface area (Å²) in [5.74, 6) is 0. The summed E-state index contributed by atoms with van der Waals surface area (Å²) < 4.78 is 8.55. The van der Waals surface area contributed by atoms with Crippen molar-refractivity contribution in [2.45, 2.75) is 25.5 Å². The first-order chi connectivity index (χ1) is 9.65. The van der Waals surface area contributed by atoms with Gasteiger partial charge in [0.2, 0.25) is 0 Å². The fraction of sp³-hybridized carbons (Fsp3) is 0.385. The molecule has 2 aromatic rings. The molecule has 7 heteroatoms. The van der Waals surface area contributed by atoms with Crippen molar-refractivity contribution in [1.82, 2.24) is 9.78 Å². The maximum Gasteiger partial charge on any atom is 0.168 e. The van der Waals surface area contributed by atoms with Crippen LogP contribution in [0.4, 0.5) is 5.69 Å². The third kappa shape index (κ3) is 2.65. The molecule has 1 aromatic heterocycles. The van der Waals surface area contributed by atoms with Crippen molar-refractivity contribution in [3.8, 4) is 0 Å². The van der Waals surface area contributed by atoms with E-state index in [2.05, 4.69) is 26.3 Å². The molecule has 106 valence electrons. The van der Waals surface area contributed by atoms with E-state index in [-0.39, 0.29) is 11.3 Å². The van der Waals surface area contributed by atoms with Crippen LogP contribution in [0.25, 0.3) is 10.9 Å². The molecule has 0 radical (unpaired) electrons. The molecule has 3 rings (SSSR count). The first-order valence-electron chi connectivity index (χ1n) is 6.51. The maximum atomic E-state index is 5.80. The van der Waals surface area contributed by atoms with Crippen LogP contribution in [0.15, 0.2) is 22.8 Å². The summed E-state index contributed by atoms with van der Waals surface area (Å²) >= 11 is 8.36. The van der Waals surface area contributed by atoms with E-state index in [1.54, 1.807) is 0 Å². The van der Waals surface area contributed by atoms with Crippen LogP contribution in [0, 0.1) is 0 Å². The summed E-state index contributed by atoms with van der Waals surface area (Å²) in [4.78, 5) is 0. The first kappa shape index (κ1) is 13.8. The van der Waals surface area contributed by atoms with Gasteiger partial charge in [-0.05, 0) is 65.6 Å². The number of hydrogen-bond donors (Lipinski definition) is 2. The number of nitrogens with zero attached hydrogens (tertiary/aromatic N) is 2. The molecule has 0 spiro atoms. The number of rotatable bonds is 2. The molecule has 5 nitrogen and oxygen atoms in total. The minimum absolute atomic E-state index is 0.0203. The Morgan fingerprint density at radius 1 is 1.50 bits per heavy atom. The fourth-order valence-corrected chi connectivity index (χ4v) is 3.07. The summed E-state index contributed by atoms with van der Waals surface area (Å²) in [5, 5.41) is 8.75. The van der Waals surface area contributed by atoms with Crippen LogP contribution in [0.3, 0.4) is 0 Å². The lowest BCUT2D eigenvalue weighted by molar-refractivity contribution is -0.0368. The molecule has 1 aliphatic heterocycles. The molecule has 20 heavy (non-hydrogen) atoms. The van der Waals surface area contributed by atoms with Gasteiger partial charge in [-0.15, -0.1) is 0 Å². The average molecular weight is 355 g/mol. The standard InChI is InChI=1S/C13H15BrN4OS/c14-12-9-7-8(16-13(15)20)4-5-10(9)18(17-12)11-3-1-2-6-19-11/h4-5,7,11H,1-3,6H2,(H3,15,16,20). The van der Waals surface area contributed by atoms with Crippen LogP contribution in [-0.4, -0.2) is 21.5 Å². The van der Waals surface area contributed by atoms with Gasteiger partial charge in [0, 0.05) is 17.7 Å². The summed E-state index contributed by atoms with van der Waals surface area (Å²) in [6, 6.07) is 5.92. The normalized spacial score (nSPS) is 19.1. The first-order valence-corrected chi connectivity index (χ1v) is 7.71. The highest BCUT2D eigenvalue weighted by Gasteiger charge is 2.20. The minimum atomic E-state index is 0.0203. The van der Waals surface area contributed by atoms with Gasteiger partial charge in [-0.3, -0.25) is 0 Å². The van der Waals surface area contributed by atoms with Crippen LogP contribution in [0.1, 0.15) is 25.5 Å². The smallest absolute Gasteiger partial charge is 0.168 e. The lowest BCUT2D eigenvalue weighted by Crippen LogP contribution is -2.19. The molecule has 1 fully saturated rings. The Kier molecular flexibility index (Phi) is 3.91. The number of hydrogen-bond acceptors (Lipinski definition) is 3. The van der Waals surface area contributed by atoms with E-state index in [1.807, 2.05) is 22.9 Å². The molecule has 1 aliphatic rings. The zero-order chi connectivity index (χ0) is 14.1. The van der Waals surface area contributed by atoms with Crippen LogP contribution in [0.2, 0.25) is 0 Å². The van der Waals surface area contributed by atoms with E-state index >= 15 is 0 Å². The Bertz CT molecular complexity index is 651. The van der Waals surface area contributed by atoms with Crippen LogP contribution in [0.5, 0.6) is 0 Å². The van der Waals surface area contributed by atoms with Crippen molar-refractivity contribution in [3.63, 3.8) is 0 Å². The molecule has 0 saturated carbocycles. The number of thiocarbonyl (C=S) groups is 1. The fourth-order valence-electron chi connectivity index (χ4n) is 2.46. The molecule has 3 N–H and O–H groups in total. The Labute approximate surface area is 130 Å². The van der Waals surface area contributed by atoms with Crippen molar-refractivity contribution in [3.05, 3.63) is 22.8 Å². The van der Waals surface area contributed by atoms with Crippen molar-refractivity contribution in [1.29, 1.82) is 0 Å². The van der Waals surface area contributed by atoms with Crippen molar-refractivity contribution in [2.24, 2.45) is 5.73 Å². The number of ether oxygens (including phenoxy) is 1. The summed E-state index contributed by atoms with van der Waals surface area (Å²) in [6.07, 6.45) is 3.31. The largest absolute Gasteiger partial charge is 0.376 e. The highest BCUT2D eigenvalue weighted by molar-refractivity contribution is 9.10. The summed E-state index contributed by atoms with van der Waals surface area (Å²) in [6.45, 7) is 0.796. The second-order valence-corrected chi connectivity index (χ2v) is 5.97. The quantitative estimate of drug-likeness (QED) is 0.811. The van der Waals surface area contributed by atoms with Gasteiger partial charge in [0.25, 0.3) is 0 Å². The number of halogens is 1. The maximum absolute atomic E-state index is 5.80. The third-order valence-electron chi connectivity index (χ3n) is 3.36. The summed E-state index contributed by atoms with van der Waals surface area (Å²) in [7, 11) is 0. The minimum Gasteiger partial charge on any atom is -0.376 e. The molecule has 2 heterocycles. The number of nitrogens with two attached hydrogens (primary N) is 1. The Balaban J connectivity index is 2.00. The van der Waals surface area contributed by atoms with E-state index in [1.165, 1.54) is 6.42 Å². The number of fused-ring (bicyclic) bond motifs is 1. The molecule has 1 atom stereocenters. The highest BCUT2D eigenvalue weighted by atomic mass is 79.9. The van der Waals surface area contributed by atoms with Gasteiger partial charge in [0.15, 0.2) is 11.3 Å². The van der Waals surface area contributed by atoms with Crippen LogP contribution >= 0.6 is 28.1 Å². The predicted molar refractivity (Wildman–Crippen MR) is 86.7 cm³/mol. The molecule has 0 bridgehead atoms. The predicted octanol–water partition coefficient (Wildman–Crippen LogP) is 3.15. The Morgan fingerprint density at radius 3 is 3.05 bits per heavy atom. The molecular weight excluding hydrogens is 340 g/mol. The van der Waals surface area contributed by atoms with Gasteiger partial charge in [0.1, 0.15) is 4.60 Å². The van der Waals surface area contributed by atoms with Gasteiger partial charge < -0.3 is 15.8 Å². The van der Waals surface area contributed by atoms with Crippen LogP contribution < -0.4 is 11.1 Å². The van der Waals surface area contributed by atoms with E-state index in [0.29, 0.717) is 0 Å². The number of aromatic nitrogens is 2.